The summed E-state index contributed by atoms with van der Waals surface area (Å²) >= 11 is 0. The Morgan fingerprint density at radius 1 is 1.33 bits per heavy atom. The van der Waals surface area contributed by atoms with Gasteiger partial charge < -0.3 is 10.5 Å². The second kappa shape index (κ2) is 8.03. The first-order chi connectivity index (χ1) is 10.0. The highest BCUT2D eigenvalue weighted by Crippen LogP contribution is 2.27. The van der Waals surface area contributed by atoms with Crippen LogP contribution in [0.15, 0.2) is 23.1 Å². The summed E-state index contributed by atoms with van der Waals surface area (Å²) in [5.74, 6) is 5.88. The predicted octanol–water partition coefficient (Wildman–Crippen LogP) is 1.43. The predicted molar refractivity (Wildman–Crippen MR) is 83.7 cm³/mol. The van der Waals surface area contributed by atoms with Crippen LogP contribution in [0.4, 0.5) is 0 Å². The summed E-state index contributed by atoms with van der Waals surface area (Å²) in [6, 6.07) is 4.87. The van der Waals surface area contributed by atoms with Crippen molar-refractivity contribution >= 4 is 10.0 Å². The van der Waals surface area contributed by atoms with Crippen molar-refractivity contribution in [1.82, 2.24) is 4.31 Å². The molecule has 5 nitrogen and oxygen atoms in total. The summed E-state index contributed by atoms with van der Waals surface area (Å²) in [6.45, 7) is 4.88. The molecular weight excluding hydrogens is 288 g/mol. The van der Waals surface area contributed by atoms with E-state index in [1.807, 2.05) is 13.8 Å². The molecule has 0 unspecified atom stereocenters. The molecule has 0 aromatic heterocycles. The Balaban J connectivity index is 3.37. The van der Waals surface area contributed by atoms with Gasteiger partial charge in [-0.05, 0) is 24.6 Å². The molecular formula is C15H22N2O3S. The standard InChI is InChI=1S/C15H22N2O3S/c1-4-11-17(5-2)21(18,19)15-12-13(7-6-10-16)8-9-14(15)20-3/h8-9,12H,4-5,10-11,16H2,1-3H3. The maximum Gasteiger partial charge on any atom is 0.246 e. The fraction of sp³-hybridized carbons (Fsp3) is 0.467. The van der Waals surface area contributed by atoms with Crippen molar-refractivity contribution in [2.24, 2.45) is 5.73 Å². The zero-order valence-electron chi connectivity index (χ0n) is 12.7. The van der Waals surface area contributed by atoms with Gasteiger partial charge in [0.1, 0.15) is 10.6 Å². The van der Waals surface area contributed by atoms with E-state index in [0.29, 0.717) is 24.4 Å². The van der Waals surface area contributed by atoms with E-state index in [2.05, 4.69) is 11.8 Å². The van der Waals surface area contributed by atoms with Gasteiger partial charge in [-0.2, -0.15) is 4.31 Å². The lowest BCUT2D eigenvalue weighted by molar-refractivity contribution is 0.392. The van der Waals surface area contributed by atoms with Crippen molar-refractivity contribution < 1.29 is 13.2 Å². The van der Waals surface area contributed by atoms with Crippen LogP contribution >= 0.6 is 0 Å². The average Bonchev–Trinajstić information content (AvgIpc) is 2.49. The summed E-state index contributed by atoms with van der Waals surface area (Å²) in [6.07, 6.45) is 0.752. The maximum atomic E-state index is 12.7. The van der Waals surface area contributed by atoms with Crippen LogP contribution in [0.5, 0.6) is 5.75 Å². The van der Waals surface area contributed by atoms with Crippen LogP contribution in [0, 0.1) is 11.8 Å². The lowest BCUT2D eigenvalue weighted by Crippen LogP contribution is -2.31. The summed E-state index contributed by atoms with van der Waals surface area (Å²) in [5.41, 5.74) is 5.94. The topological polar surface area (TPSA) is 72.6 Å². The monoisotopic (exact) mass is 310 g/mol. The van der Waals surface area contributed by atoms with Gasteiger partial charge in [0.25, 0.3) is 0 Å². The largest absolute Gasteiger partial charge is 0.495 e. The molecule has 0 amide bonds. The Morgan fingerprint density at radius 3 is 2.57 bits per heavy atom. The van der Waals surface area contributed by atoms with Crippen molar-refractivity contribution in [1.29, 1.82) is 0 Å². The SMILES string of the molecule is CCCN(CC)S(=O)(=O)c1cc(C#CCN)ccc1OC. The number of sulfonamides is 1. The Kier molecular flexibility index (Phi) is 6.69. The van der Waals surface area contributed by atoms with Gasteiger partial charge in [0.2, 0.25) is 10.0 Å². The molecule has 6 heteroatoms. The molecule has 0 heterocycles. The first-order valence-electron chi connectivity index (χ1n) is 6.88. The molecule has 0 saturated heterocycles. The van der Waals surface area contributed by atoms with E-state index in [4.69, 9.17) is 10.5 Å². The minimum atomic E-state index is -3.59. The molecule has 21 heavy (non-hydrogen) atoms. The second-order valence-electron chi connectivity index (χ2n) is 4.37. The number of ether oxygens (including phenoxy) is 1. The van der Waals surface area contributed by atoms with Crippen molar-refractivity contribution in [3.63, 3.8) is 0 Å². The molecule has 0 atom stereocenters. The van der Waals surface area contributed by atoms with E-state index in [1.54, 1.807) is 12.1 Å². The first kappa shape index (κ1) is 17.5. The fourth-order valence-corrected chi connectivity index (χ4v) is 3.67. The fourth-order valence-electron chi connectivity index (χ4n) is 1.95. The maximum absolute atomic E-state index is 12.7. The van der Waals surface area contributed by atoms with Crippen LogP contribution in [-0.2, 0) is 10.0 Å². The highest BCUT2D eigenvalue weighted by atomic mass is 32.2. The van der Waals surface area contributed by atoms with E-state index in [9.17, 15) is 8.42 Å². The zero-order valence-corrected chi connectivity index (χ0v) is 13.5. The highest BCUT2D eigenvalue weighted by molar-refractivity contribution is 7.89. The number of rotatable bonds is 6. The molecule has 2 N–H and O–H groups in total. The molecule has 0 aliphatic rings. The Hall–Kier alpha value is -1.55. The Labute approximate surface area is 127 Å². The van der Waals surface area contributed by atoms with Gasteiger partial charge >= 0.3 is 0 Å². The lowest BCUT2D eigenvalue weighted by Gasteiger charge is -2.21. The third kappa shape index (κ3) is 4.21. The number of hydrogen-bond donors (Lipinski definition) is 1. The van der Waals surface area contributed by atoms with Crippen molar-refractivity contribution in [2.45, 2.75) is 25.2 Å². The van der Waals surface area contributed by atoms with Crippen LogP contribution in [0.1, 0.15) is 25.8 Å². The van der Waals surface area contributed by atoms with Crippen molar-refractivity contribution in [2.75, 3.05) is 26.7 Å². The summed E-state index contributed by atoms with van der Waals surface area (Å²) in [7, 11) is -2.14. The third-order valence-corrected chi connectivity index (χ3v) is 4.94. The summed E-state index contributed by atoms with van der Waals surface area (Å²) in [5, 5.41) is 0. The van der Waals surface area contributed by atoms with Gasteiger partial charge in [-0.15, -0.1) is 0 Å². The van der Waals surface area contributed by atoms with Gasteiger partial charge in [0, 0.05) is 18.7 Å². The molecule has 0 fully saturated rings. The second-order valence-corrected chi connectivity index (χ2v) is 6.27. The lowest BCUT2D eigenvalue weighted by atomic mass is 10.2. The zero-order chi connectivity index (χ0) is 15.9. The highest BCUT2D eigenvalue weighted by Gasteiger charge is 2.26. The molecule has 116 valence electrons. The van der Waals surface area contributed by atoms with Gasteiger partial charge in [0.15, 0.2) is 0 Å². The molecule has 1 aromatic carbocycles. The molecule has 0 bridgehead atoms. The summed E-state index contributed by atoms with van der Waals surface area (Å²) in [4.78, 5) is 0.143. The Bertz CT molecular complexity index is 630. The molecule has 0 saturated carbocycles. The van der Waals surface area contributed by atoms with Crippen molar-refractivity contribution in [3.8, 4) is 17.6 Å². The van der Waals surface area contributed by atoms with Crippen molar-refractivity contribution in [3.05, 3.63) is 23.8 Å². The minimum absolute atomic E-state index is 0.143. The average molecular weight is 310 g/mol. The summed E-state index contributed by atoms with van der Waals surface area (Å²) < 4.78 is 32.1. The van der Waals surface area contributed by atoms with E-state index in [0.717, 1.165) is 6.42 Å². The molecule has 0 radical (unpaired) electrons. The van der Waals surface area contributed by atoms with Gasteiger partial charge in [0.05, 0.1) is 13.7 Å². The Morgan fingerprint density at radius 2 is 2.05 bits per heavy atom. The number of nitrogens with two attached hydrogens (primary N) is 1. The van der Waals surface area contributed by atoms with Crippen LogP contribution in [0.3, 0.4) is 0 Å². The van der Waals surface area contributed by atoms with Gasteiger partial charge in [-0.25, -0.2) is 8.42 Å². The van der Waals surface area contributed by atoms with Crippen LogP contribution in [0.2, 0.25) is 0 Å². The molecule has 0 spiro atoms. The van der Waals surface area contributed by atoms with Gasteiger partial charge in [-0.3, -0.25) is 0 Å². The molecule has 0 aliphatic heterocycles. The third-order valence-electron chi connectivity index (χ3n) is 2.94. The minimum Gasteiger partial charge on any atom is -0.495 e. The molecule has 1 aromatic rings. The molecule has 0 aliphatic carbocycles. The van der Waals surface area contributed by atoms with E-state index in [-0.39, 0.29) is 11.4 Å². The molecule has 1 rings (SSSR count). The smallest absolute Gasteiger partial charge is 0.246 e. The van der Waals surface area contributed by atoms with E-state index < -0.39 is 10.0 Å². The number of methoxy groups -OCH3 is 1. The number of hydrogen-bond acceptors (Lipinski definition) is 4. The van der Waals surface area contributed by atoms with E-state index >= 15 is 0 Å². The van der Waals surface area contributed by atoms with Crippen LogP contribution < -0.4 is 10.5 Å². The van der Waals surface area contributed by atoms with Crippen LogP contribution in [-0.4, -0.2) is 39.5 Å². The number of benzene rings is 1. The van der Waals surface area contributed by atoms with Gasteiger partial charge in [-0.1, -0.05) is 25.7 Å². The normalized spacial score (nSPS) is 11.1. The quantitative estimate of drug-likeness (QED) is 0.807. The number of nitrogens with zero attached hydrogens (tertiary/aromatic N) is 1. The van der Waals surface area contributed by atoms with E-state index in [1.165, 1.54) is 17.5 Å². The van der Waals surface area contributed by atoms with Crippen LogP contribution in [0.25, 0.3) is 0 Å². The first-order valence-corrected chi connectivity index (χ1v) is 8.32.